The second kappa shape index (κ2) is 5.85. The molecule has 1 saturated heterocycles. The number of carboxylic acid groups (broad SMARTS) is 1. The molecule has 1 atom stereocenters. The number of alkyl halides is 2. The van der Waals surface area contributed by atoms with E-state index >= 15 is 0 Å². The molecule has 1 aliphatic rings. The Bertz CT molecular complexity index is 521. The molecule has 5 nitrogen and oxygen atoms in total. The fourth-order valence-corrected chi connectivity index (χ4v) is 2.19. The van der Waals surface area contributed by atoms with Crippen LogP contribution in [0.25, 0.3) is 0 Å². The van der Waals surface area contributed by atoms with E-state index < -0.39 is 24.4 Å². The maximum absolute atomic E-state index is 12.2. The van der Waals surface area contributed by atoms with Crippen molar-refractivity contribution in [3.63, 3.8) is 0 Å². The van der Waals surface area contributed by atoms with E-state index in [1.165, 1.54) is 23.1 Å². The standard InChI is InChI=1S/C13H13F2NO4/c14-13(15)20-9-4-1-3-8(7-9)16-6-2-5-10(11(16)17)12(18)19/h1,3-4,7,10,13H,2,5-6H2,(H,18,19). The molecule has 1 fully saturated rings. The summed E-state index contributed by atoms with van der Waals surface area (Å²) in [6, 6.07) is 5.68. The van der Waals surface area contributed by atoms with Crippen LogP contribution in [0.1, 0.15) is 12.8 Å². The number of carbonyl (C=O) groups excluding carboxylic acids is 1. The van der Waals surface area contributed by atoms with Gasteiger partial charge in [0.05, 0.1) is 0 Å². The highest BCUT2D eigenvalue weighted by Gasteiger charge is 2.34. The zero-order valence-electron chi connectivity index (χ0n) is 10.5. The van der Waals surface area contributed by atoms with Crippen molar-refractivity contribution in [1.29, 1.82) is 0 Å². The third-order valence-electron chi connectivity index (χ3n) is 3.09. The van der Waals surface area contributed by atoms with E-state index in [4.69, 9.17) is 5.11 Å². The zero-order chi connectivity index (χ0) is 14.7. The topological polar surface area (TPSA) is 66.8 Å². The van der Waals surface area contributed by atoms with Gasteiger partial charge in [-0.1, -0.05) is 6.07 Å². The Morgan fingerprint density at radius 3 is 2.85 bits per heavy atom. The van der Waals surface area contributed by atoms with Crippen molar-refractivity contribution < 1.29 is 28.2 Å². The molecule has 1 heterocycles. The first-order valence-electron chi connectivity index (χ1n) is 6.08. The third-order valence-corrected chi connectivity index (χ3v) is 3.09. The van der Waals surface area contributed by atoms with E-state index in [1.54, 1.807) is 6.07 Å². The molecular weight excluding hydrogens is 272 g/mol. The van der Waals surface area contributed by atoms with Crippen molar-refractivity contribution >= 4 is 17.6 Å². The molecule has 1 aromatic carbocycles. The van der Waals surface area contributed by atoms with Gasteiger partial charge in [-0.05, 0) is 25.0 Å². The van der Waals surface area contributed by atoms with E-state index in [0.717, 1.165) is 0 Å². The van der Waals surface area contributed by atoms with Crippen LogP contribution < -0.4 is 9.64 Å². The molecule has 7 heteroatoms. The number of anilines is 1. The minimum absolute atomic E-state index is 0.0669. The van der Waals surface area contributed by atoms with Gasteiger partial charge in [0.25, 0.3) is 0 Å². The van der Waals surface area contributed by atoms with Gasteiger partial charge in [0, 0.05) is 18.3 Å². The van der Waals surface area contributed by atoms with E-state index in [9.17, 15) is 18.4 Å². The first-order chi connectivity index (χ1) is 9.49. The van der Waals surface area contributed by atoms with E-state index in [-0.39, 0.29) is 12.2 Å². The van der Waals surface area contributed by atoms with Crippen LogP contribution in [-0.4, -0.2) is 30.1 Å². The fraction of sp³-hybridized carbons (Fsp3) is 0.385. The van der Waals surface area contributed by atoms with Gasteiger partial charge < -0.3 is 14.7 Å². The number of hydrogen-bond donors (Lipinski definition) is 1. The summed E-state index contributed by atoms with van der Waals surface area (Å²) >= 11 is 0. The van der Waals surface area contributed by atoms with E-state index in [1.807, 2.05) is 0 Å². The average molecular weight is 285 g/mol. The summed E-state index contributed by atoms with van der Waals surface area (Å²) in [7, 11) is 0. The van der Waals surface area contributed by atoms with Gasteiger partial charge in [0.15, 0.2) is 0 Å². The smallest absolute Gasteiger partial charge is 0.387 e. The van der Waals surface area contributed by atoms with Crippen LogP contribution in [0.3, 0.4) is 0 Å². The molecule has 1 N–H and O–H groups in total. The third kappa shape index (κ3) is 3.04. The lowest BCUT2D eigenvalue weighted by Gasteiger charge is -2.30. The Labute approximate surface area is 113 Å². The molecule has 0 bridgehead atoms. The SMILES string of the molecule is O=C(O)C1CCCN(c2cccc(OC(F)F)c2)C1=O. The lowest BCUT2D eigenvalue weighted by atomic mass is 9.96. The first-order valence-corrected chi connectivity index (χ1v) is 6.08. The molecule has 1 aliphatic heterocycles. The van der Waals surface area contributed by atoms with E-state index in [2.05, 4.69) is 4.74 Å². The number of piperidine rings is 1. The maximum atomic E-state index is 12.2. The van der Waals surface area contributed by atoms with Crippen LogP contribution in [0, 0.1) is 5.92 Å². The number of aliphatic carboxylic acids is 1. The van der Waals surface area contributed by atoms with E-state index in [0.29, 0.717) is 18.7 Å². The Kier molecular flexibility index (Phi) is 4.16. The fourth-order valence-electron chi connectivity index (χ4n) is 2.19. The second-order valence-electron chi connectivity index (χ2n) is 4.40. The molecule has 20 heavy (non-hydrogen) atoms. The number of carbonyl (C=O) groups is 2. The number of hydrogen-bond acceptors (Lipinski definition) is 3. The molecule has 2 rings (SSSR count). The van der Waals surface area contributed by atoms with Gasteiger partial charge >= 0.3 is 12.6 Å². The second-order valence-corrected chi connectivity index (χ2v) is 4.40. The number of benzene rings is 1. The number of amides is 1. The summed E-state index contributed by atoms with van der Waals surface area (Å²) in [5.41, 5.74) is 0.360. The average Bonchev–Trinajstić information content (AvgIpc) is 2.38. The molecule has 1 amide bonds. The number of rotatable bonds is 4. The Morgan fingerprint density at radius 1 is 1.45 bits per heavy atom. The summed E-state index contributed by atoms with van der Waals surface area (Å²) in [6.45, 7) is -2.59. The predicted octanol–water partition coefficient (Wildman–Crippen LogP) is 2.12. The van der Waals surface area contributed by atoms with Crippen LogP contribution in [-0.2, 0) is 9.59 Å². The quantitative estimate of drug-likeness (QED) is 0.860. The summed E-state index contributed by atoms with van der Waals surface area (Å²) in [6.07, 6.45) is 0.834. The van der Waals surface area contributed by atoms with Crippen molar-refractivity contribution in [1.82, 2.24) is 0 Å². The summed E-state index contributed by atoms with van der Waals surface area (Å²) in [4.78, 5) is 24.3. The normalized spacial score (nSPS) is 19.2. The molecule has 108 valence electrons. The molecule has 1 unspecified atom stereocenters. The van der Waals surface area contributed by atoms with Gasteiger partial charge in [-0.25, -0.2) is 0 Å². The van der Waals surface area contributed by atoms with Gasteiger partial charge in [0.2, 0.25) is 5.91 Å². The molecule has 0 aromatic heterocycles. The predicted molar refractivity (Wildman–Crippen MR) is 65.8 cm³/mol. The van der Waals surface area contributed by atoms with Gasteiger partial charge in [-0.3, -0.25) is 9.59 Å². The van der Waals surface area contributed by atoms with Crippen molar-refractivity contribution in [3.05, 3.63) is 24.3 Å². The Balaban J connectivity index is 2.22. The van der Waals surface area contributed by atoms with Crippen LogP contribution >= 0.6 is 0 Å². The van der Waals surface area contributed by atoms with Gasteiger partial charge in [0.1, 0.15) is 11.7 Å². The number of ether oxygens (including phenoxy) is 1. The molecular formula is C13H13F2NO4. The van der Waals surface area contributed by atoms with Gasteiger partial charge in [-0.2, -0.15) is 8.78 Å². The van der Waals surface area contributed by atoms with Crippen molar-refractivity contribution in [3.8, 4) is 5.75 Å². The monoisotopic (exact) mass is 285 g/mol. The Morgan fingerprint density at radius 2 is 2.20 bits per heavy atom. The number of nitrogens with zero attached hydrogens (tertiary/aromatic N) is 1. The highest BCUT2D eigenvalue weighted by molar-refractivity contribution is 6.06. The summed E-state index contributed by atoms with van der Waals surface area (Å²) < 4.78 is 28.6. The summed E-state index contributed by atoms with van der Waals surface area (Å²) in [5, 5.41) is 8.98. The molecule has 0 spiro atoms. The number of carboxylic acids is 1. The van der Waals surface area contributed by atoms with Crippen LogP contribution in [0.2, 0.25) is 0 Å². The Hall–Kier alpha value is -2.18. The minimum atomic E-state index is -2.95. The molecule has 0 saturated carbocycles. The zero-order valence-corrected chi connectivity index (χ0v) is 10.5. The largest absolute Gasteiger partial charge is 0.481 e. The molecule has 1 aromatic rings. The number of halogens is 2. The molecule has 0 aliphatic carbocycles. The first kappa shape index (κ1) is 14.2. The highest BCUT2D eigenvalue weighted by Crippen LogP contribution is 2.28. The van der Waals surface area contributed by atoms with Crippen molar-refractivity contribution in [2.45, 2.75) is 19.5 Å². The lowest BCUT2D eigenvalue weighted by Crippen LogP contribution is -2.44. The lowest BCUT2D eigenvalue weighted by molar-refractivity contribution is -0.147. The van der Waals surface area contributed by atoms with Crippen molar-refractivity contribution in [2.75, 3.05) is 11.4 Å². The maximum Gasteiger partial charge on any atom is 0.387 e. The molecule has 0 radical (unpaired) electrons. The van der Waals surface area contributed by atoms with Gasteiger partial charge in [-0.15, -0.1) is 0 Å². The highest BCUT2D eigenvalue weighted by atomic mass is 19.3. The van der Waals surface area contributed by atoms with Crippen LogP contribution in [0.15, 0.2) is 24.3 Å². The minimum Gasteiger partial charge on any atom is -0.481 e. The van der Waals surface area contributed by atoms with Crippen molar-refractivity contribution in [2.24, 2.45) is 5.92 Å². The van der Waals surface area contributed by atoms with Crippen LogP contribution in [0.5, 0.6) is 5.75 Å². The summed E-state index contributed by atoms with van der Waals surface area (Å²) in [5.74, 6) is -2.84. The van der Waals surface area contributed by atoms with Crippen LogP contribution in [0.4, 0.5) is 14.5 Å².